The molecule has 1 atom stereocenters. The van der Waals surface area contributed by atoms with Crippen LogP contribution in [0.5, 0.6) is 11.6 Å². The van der Waals surface area contributed by atoms with Crippen LogP contribution in [0, 0.1) is 18.3 Å². The Kier molecular flexibility index (Phi) is 7.80. The number of nitrogens with two attached hydrogens (primary N) is 1. The highest BCUT2D eigenvalue weighted by molar-refractivity contribution is 5.98. The van der Waals surface area contributed by atoms with E-state index < -0.39 is 17.8 Å². The van der Waals surface area contributed by atoms with E-state index in [0.717, 1.165) is 23.7 Å². The van der Waals surface area contributed by atoms with Gasteiger partial charge in [-0.15, -0.1) is 0 Å². The first-order valence-electron chi connectivity index (χ1n) is 9.83. The number of carboxylic acids is 1. The number of aliphatic carboxylic acids is 1. The van der Waals surface area contributed by atoms with Crippen LogP contribution in [0.15, 0.2) is 35.7 Å². The fraction of sp³-hybridized carbons (Fsp3) is 0.304. The van der Waals surface area contributed by atoms with Crippen molar-refractivity contribution < 1.29 is 24.2 Å². The number of carboxylic acid groups (broad SMARTS) is 1. The number of methoxy groups -OCH3 is 1. The lowest BCUT2D eigenvalue weighted by Crippen LogP contribution is -2.28. The van der Waals surface area contributed by atoms with Gasteiger partial charge in [0.15, 0.2) is 0 Å². The number of nitrogens with one attached hydrogen (secondary N) is 1. The Morgan fingerprint density at radius 2 is 2.00 bits per heavy atom. The van der Waals surface area contributed by atoms with Crippen molar-refractivity contribution in [3.05, 3.63) is 57.9 Å². The minimum Gasteiger partial charge on any atom is -0.496 e. The zero-order valence-corrected chi connectivity index (χ0v) is 18.6. The summed E-state index contributed by atoms with van der Waals surface area (Å²) in [5.41, 5.74) is 10.5. The quantitative estimate of drug-likeness (QED) is 0.645. The molecule has 9 nitrogen and oxygen atoms in total. The van der Waals surface area contributed by atoms with Gasteiger partial charge in [-0.2, -0.15) is 5.26 Å². The molecule has 3 rings (SSSR count). The van der Waals surface area contributed by atoms with Gasteiger partial charge in [0.25, 0.3) is 5.97 Å². The predicted octanol–water partition coefficient (Wildman–Crippen LogP) is 3.08. The molecule has 0 radical (unpaired) electrons. The Labute approximate surface area is 186 Å². The van der Waals surface area contributed by atoms with Crippen molar-refractivity contribution in [2.45, 2.75) is 33.6 Å². The van der Waals surface area contributed by atoms with Gasteiger partial charge in [-0.05, 0) is 38.5 Å². The molecule has 9 heteroatoms. The van der Waals surface area contributed by atoms with Gasteiger partial charge < -0.3 is 25.6 Å². The Morgan fingerprint density at radius 3 is 2.53 bits per heavy atom. The monoisotopic (exact) mass is 438 g/mol. The lowest BCUT2D eigenvalue weighted by Gasteiger charge is -2.32. The molecule has 0 aliphatic carbocycles. The summed E-state index contributed by atoms with van der Waals surface area (Å²) in [6, 6.07) is 7.22. The van der Waals surface area contributed by atoms with Crippen LogP contribution >= 0.6 is 0 Å². The molecule has 2 aromatic rings. The Hall–Kier alpha value is -4.06. The van der Waals surface area contributed by atoms with Crippen molar-refractivity contribution in [1.82, 2.24) is 4.98 Å². The van der Waals surface area contributed by atoms with Crippen molar-refractivity contribution in [3.63, 3.8) is 0 Å². The van der Waals surface area contributed by atoms with Crippen LogP contribution in [0.4, 0.5) is 5.69 Å². The number of hydrogen-bond acceptors (Lipinski definition) is 7. The molecule has 0 unspecified atom stereocenters. The second-order valence-corrected chi connectivity index (χ2v) is 7.02. The summed E-state index contributed by atoms with van der Waals surface area (Å²) in [7, 11) is 1.53. The zero-order chi connectivity index (χ0) is 24.0. The maximum absolute atomic E-state index is 12.4. The van der Waals surface area contributed by atoms with Gasteiger partial charge in [-0.1, -0.05) is 6.07 Å². The van der Waals surface area contributed by atoms with Gasteiger partial charge in [-0.3, -0.25) is 9.59 Å². The number of nitriles is 1. The van der Waals surface area contributed by atoms with Crippen LogP contribution in [0.2, 0.25) is 0 Å². The standard InChI is InChI=1S/C21H22N4O3.C2H4O2/c1-5-28-21-18-17(14-7-6-13(9-22)8-15(14)27-4)16(20(23)26)12(3)25-19(18)11(2)10-24-21;1-2(3)4/h6-8,10,17,25H,5H2,1-4H3,(H2,23,26);1H3,(H,3,4)/t17-;/m1./s1. The fourth-order valence-electron chi connectivity index (χ4n) is 3.57. The second kappa shape index (κ2) is 10.3. The van der Waals surface area contributed by atoms with E-state index in [1.165, 1.54) is 7.11 Å². The summed E-state index contributed by atoms with van der Waals surface area (Å²) in [6.45, 7) is 7.13. The number of anilines is 1. The summed E-state index contributed by atoms with van der Waals surface area (Å²) in [4.78, 5) is 25.8. The summed E-state index contributed by atoms with van der Waals surface area (Å²) >= 11 is 0. The van der Waals surface area contributed by atoms with Crippen molar-refractivity contribution in [3.8, 4) is 17.7 Å². The number of rotatable bonds is 5. The molecule has 1 aromatic heterocycles. The molecule has 168 valence electrons. The number of nitrogens with zero attached hydrogens (tertiary/aromatic N) is 2. The third kappa shape index (κ3) is 4.98. The number of allylic oxidation sites excluding steroid dienone is 1. The highest BCUT2D eigenvalue weighted by atomic mass is 16.5. The van der Waals surface area contributed by atoms with Crippen LogP contribution in [-0.4, -0.2) is 35.7 Å². The molecule has 4 N–H and O–H groups in total. The first-order chi connectivity index (χ1) is 15.2. The number of carbonyl (C=O) groups excluding carboxylic acids is 1. The molecular formula is C23H26N4O5. The number of pyridine rings is 1. The van der Waals surface area contributed by atoms with Crippen molar-refractivity contribution in [2.24, 2.45) is 5.73 Å². The topological polar surface area (TPSA) is 148 Å². The van der Waals surface area contributed by atoms with Gasteiger partial charge in [0.2, 0.25) is 11.8 Å². The molecule has 0 bridgehead atoms. The molecule has 1 aliphatic heterocycles. The van der Waals surface area contributed by atoms with E-state index in [4.69, 9.17) is 25.1 Å². The largest absolute Gasteiger partial charge is 0.496 e. The number of aromatic nitrogens is 1. The average molecular weight is 438 g/mol. The molecule has 0 spiro atoms. The van der Waals surface area contributed by atoms with Crippen LogP contribution in [0.25, 0.3) is 0 Å². The minimum atomic E-state index is -0.833. The molecule has 0 saturated carbocycles. The number of amides is 1. The highest BCUT2D eigenvalue weighted by Gasteiger charge is 2.36. The summed E-state index contributed by atoms with van der Waals surface area (Å²) < 4.78 is 11.3. The van der Waals surface area contributed by atoms with Gasteiger partial charge in [0.05, 0.1) is 42.5 Å². The third-order valence-electron chi connectivity index (χ3n) is 4.78. The average Bonchev–Trinajstić information content (AvgIpc) is 2.74. The van der Waals surface area contributed by atoms with Crippen LogP contribution in [0.3, 0.4) is 0 Å². The highest BCUT2D eigenvalue weighted by Crippen LogP contribution is 2.48. The van der Waals surface area contributed by atoms with Crippen molar-refractivity contribution in [1.29, 1.82) is 5.26 Å². The lowest BCUT2D eigenvalue weighted by atomic mass is 9.79. The van der Waals surface area contributed by atoms with Gasteiger partial charge >= 0.3 is 0 Å². The second-order valence-electron chi connectivity index (χ2n) is 7.02. The van der Waals surface area contributed by atoms with Crippen LogP contribution < -0.4 is 20.5 Å². The normalized spacial score (nSPS) is 14.2. The molecule has 0 fully saturated rings. The maximum atomic E-state index is 12.4. The summed E-state index contributed by atoms with van der Waals surface area (Å²) in [5, 5.41) is 19.9. The third-order valence-corrected chi connectivity index (χ3v) is 4.78. The lowest BCUT2D eigenvalue weighted by molar-refractivity contribution is -0.134. The van der Waals surface area contributed by atoms with Crippen LogP contribution in [-0.2, 0) is 9.59 Å². The number of primary amides is 1. The van der Waals surface area contributed by atoms with Crippen molar-refractivity contribution in [2.75, 3.05) is 19.0 Å². The first kappa shape index (κ1) is 24.2. The number of fused-ring (bicyclic) bond motifs is 1. The number of carbonyl (C=O) groups is 2. The van der Waals surface area contributed by atoms with E-state index >= 15 is 0 Å². The van der Waals surface area contributed by atoms with E-state index in [-0.39, 0.29) is 0 Å². The number of ether oxygens (including phenoxy) is 2. The Bertz CT molecular complexity index is 1110. The maximum Gasteiger partial charge on any atom is 0.300 e. The van der Waals surface area contributed by atoms with E-state index in [1.54, 1.807) is 24.4 Å². The number of aryl methyl sites for hydroxylation is 1. The van der Waals surface area contributed by atoms with Crippen LogP contribution in [0.1, 0.15) is 48.9 Å². The molecule has 32 heavy (non-hydrogen) atoms. The predicted molar refractivity (Wildman–Crippen MR) is 119 cm³/mol. The summed E-state index contributed by atoms with van der Waals surface area (Å²) in [5.74, 6) is -0.993. The fourth-order valence-corrected chi connectivity index (χ4v) is 3.57. The molecular weight excluding hydrogens is 412 g/mol. The Balaban J connectivity index is 0.000000837. The summed E-state index contributed by atoms with van der Waals surface area (Å²) in [6.07, 6.45) is 1.73. The molecule has 1 aromatic carbocycles. The minimum absolute atomic E-state index is 0.406. The Morgan fingerprint density at radius 1 is 1.34 bits per heavy atom. The van der Waals surface area contributed by atoms with E-state index in [2.05, 4.69) is 16.4 Å². The molecule has 0 saturated heterocycles. The van der Waals surface area contributed by atoms with E-state index in [9.17, 15) is 10.1 Å². The van der Waals surface area contributed by atoms with E-state index in [0.29, 0.717) is 40.6 Å². The number of hydrogen-bond donors (Lipinski definition) is 3. The van der Waals surface area contributed by atoms with E-state index in [1.807, 2.05) is 20.8 Å². The molecule has 2 heterocycles. The molecule has 1 aliphatic rings. The smallest absolute Gasteiger partial charge is 0.300 e. The van der Waals surface area contributed by atoms with Gasteiger partial charge in [-0.25, -0.2) is 4.98 Å². The first-order valence-corrected chi connectivity index (χ1v) is 9.83. The van der Waals surface area contributed by atoms with Gasteiger partial charge in [0, 0.05) is 30.0 Å². The molecule has 1 amide bonds. The van der Waals surface area contributed by atoms with Gasteiger partial charge in [0.1, 0.15) is 5.75 Å². The number of benzene rings is 1. The van der Waals surface area contributed by atoms with Crippen molar-refractivity contribution >= 4 is 17.6 Å². The SMILES string of the molecule is CC(=O)O.CCOc1ncc(C)c2c1[C@H](c1ccc(C#N)cc1OC)C(C(N)=O)=C(C)N2. The zero-order valence-electron chi connectivity index (χ0n) is 18.6.